The number of amides is 1. The largest absolute Gasteiger partial charge is 0.354 e. The van der Waals surface area contributed by atoms with Gasteiger partial charge >= 0.3 is 0 Å². The fraction of sp³-hybridized carbons (Fsp3) is 0.250. The van der Waals surface area contributed by atoms with Crippen LogP contribution in [0.1, 0.15) is 30.3 Å². The van der Waals surface area contributed by atoms with Crippen molar-refractivity contribution < 1.29 is 9.18 Å². The number of carbonyl (C=O) groups excluding carboxylic acids is 1. The highest BCUT2D eigenvalue weighted by Crippen LogP contribution is 2.30. The molecule has 0 unspecified atom stereocenters. The first-order valence-corrected chi connectivity index (χ1v) is 10.2. The number of imidazole rings is 1. The molecule has 0 aliphatic rings. The standard InChI is InChI=1S/C24H25FN4O/c1-3-22-26-11-13-29(22)12-10-23(30)27-15-17-4-9-21-20(14-17)16(2)24(28-21)18-5-7-19(25)8-6-18/h4-9,11,13-14,28H,3,10,12,15H2,1-2H3,(H,27,30). The van der Waals surface area contributed by atoms with Crippen molar-refractivity contribution >= 4 is 16.8 Å². The molecule has 6 heteroatoms. The van der Waals surface area contributed by atoms with Gasteiger partial charge in [0.2, 0.25) is 5.91 Å². The molecule has 154 valence electrons. The lowest BCUT2D eigenvalue weighted by molar-refractivity contribution is -0.121. The van der Waals surface area contributed by atoms with Crippen LogP contribution in [0.3, 0.4) is 0 Å². The van der Waals surface area contributed by atoms with Crippen LogP contribution in [0.25, 0.3) is 22.2 Å². The summed E-state index contributed by atoms with van der Waals surface area (Å²) in [7, 11) is 0. The van der Waals surface area contributed by atoms with E-state index < -0.39 is 0 Å². The number of benzene rings is 2. The van der Waals surface area contributed by atoms with Gasteiger partial charge in [-0.1, -0.05) is 13.0 Å². The van der Waals surface area contributed by atoms with Gasteiger partial charge in [-0.05, 0) is 60.0 Å². The third-order valence-corrected chi connectivity index (χ3v) is 5.44. The van der Waals surface area contributed by atoms with Gasteiger partial charge in [-0.15, -0.1) is 0 Å². The number of nitrogens with one attached hydrogen (secondary N) is 2. The SMILES string of the molecule is CCc1nccn1CCC(=O)NCc1ccc2[nH]c(-c3ccc(F)cc3)c(C)c2c1. The number of halogens is 1. The van der Waals surface area contributed by atoms with Crippen LogP contribution in [-0.2, 0) is 24.3 Å². The summed E-state index contributed by atoms with van der Waals surface area (Å²) in [6.45, 7) is 5.22. The maximum Gasteiger partial charge on any atom is 0.222 e. The van der Waals surface area contributed by atoms with Crippen molar-refractivity contribution in [1.29, 1.82) is 0 Å². The van der Waals surface area contributed by atoms with Gasteiger partial charge in [-0.25, -0.2) is 9.37 Å². The summed E-state index contributed by atoms with van der Waals surface area (Å²) in [6.07, 6.45) is 4.95. The Labute approximate surface area is 175 Å². The summed E-state index contributed by atoms with van der Waals surface area (Å²) in [5.74, 6) is 0.765. The van der Waals surface area contributed by atoms with E-state index in [0.717, 1.165) is 45.5 Å². The zero-order valence-electron chi connectivity index (χ0n) is 17.2. The zero-order valence-corrected chi connectivity index (χ0v) is 17.2. The first-order chi connectivity index (χ1) is 14.5. The number of rotatable bonds is 7. The Kier molecular flexibility index (Phi) is 5.65. The number of nitrogens with zero attached hydrogens (tertiary/aromatic N) is 2. The summed E-state index contributed by atoms with van der Waals surface area (Å²) in [5.41, 5.74) is 5.11. The lowest BCUT2D eigenvalue weighted by Crippen LogP contribution is -2.24. The number of aromatic nitrogens is 3. The van der Waals surface area contributed by atoms with Gasteiger partial charge in [-0.3, -0.25) is 4.79 Å². The van der Waals surface area contributed by atoms with Crippen molar-refractivity contribution in [3.63, 3.8) is 0 Å². The molecule has 0 spiro atoms. The van der Waals surface area contributed by atoms with E-state index in [1.165, 1.54) is 12.1 Å². The molecular formula is C24H25FN4O. The lowest BCUT2D eigenvalue weighted by Gasteiger charge is -2.08. The van der Waals surface area contributed by atoms with Crippen LogP contribution in [0.2, 0.25) is 0 Å². The molecule has 30 heavy (non-hydrogen) atoms. The molecule has 5 nitrogen and oxygen atoms in total. The molecule has 2 aromatic carbocycles. The molecule has 0 saturated heterocycles. The van der Waals surface area contributed by atoms with Crippen LogP contribution in [0.15, 0.2) is 54.9 Å². The van der Waals surface area contributed by atoms with E-state index in [1.807, 2.05) is 22.9 Å². The zero-order chi connectivity index (χ0) is 21.1. The first-order valence-electron chi connectivity index (χ1n) is 10.2. The molecule has 2 N–H and O–H groups in total. The average Bonchev–Trinajstić information content (AvgIpc) is 3.35. The highest BCUT2D eigenvalue weighted by Gasteiger charge is 2.11. The molecule has 1 amide bonds. The molecule has 0 bridgehead atoms. The molecule has 4 rings (SSSR count). The van der Waals surface area contributed by atoms with Crippen LogP contribution in [0, 0.1) is 12.7 Å². The van der Waals surface area contributed by atoms with Gasteiger partial charge in [0.05, 0.1) is 0 Å². The molecule has 0 aliphatic carbocycles. The van der Waals surface area contributed by atoms with E-state index >= 15 is 0 Å². The molecular weight excluding hydrogens is 379 g/mol. The predicted octanol–water partition coefficient (Wildman–Crippen LogP) is 4.75. The molecule has 0 fully saturated rings. The van der Waals surface area contributed by atoms with Crippen molar-refractivity contribution in [3.8, 4) is 11.3 Å². The summed E-state index contributed by atoms with van der Waals surface area (Å²) in [6, 6.07) is 12.6. The lowest BCUT2D eigenvalue weighted by atomic mass is 10.0. The van der Waals surface area contributed by atoms with Gasteiger partial charge < -0.3 is 14.9 Å². The second-order valence-electron chi connectivity index (χ2n) is 7.43. The second-order valence-corrected chi connectivity index (χ2v) is 7.43. The number of aromatic amines is 1. The monoisotopic (exact) mass is 404 g/mol. The van der Waals surface area contributed by atoms with Gasteiger partial charge in [0.1, 0.15) is 11.6 Å². The number of hydrogen-bond donors (Lipinski definition) is 2. The predicted molar refractivity (Wildman–Crippen MR) is 116 cm³/mol. The number of fused-ring (bicyclic) bond motifs is 1. The Morgan fingerprint density at radius 1 is 1.20 bits per heavy atom. The van der Waals surface area contributed by atoms with E-state index in [4.69, 9.17) is 0 Å². The van der Waals surface area contributed by atoms with Gasteiger partial charge in [0.25, 0.3) is 0 Å². The number of carbonyl (C=O) groups is 1. The summed E-state index contributed by atoms with van der Waals surface area (Å²) < 4.78 is 15.3. The minimum Gasteiger partial charge on any atom is -0.354 e. The van der Waals surface area contributed by atoms with E-state index in [-0.39, 0.29) is 11.7 Å². The summed E-state index contributed by atoms with van der Waals surface area (Å²) in [5, 5.41) is 4.11. The van der Waals surface area contributed by atoms with Gasteiger partial charge in [0.15, 0.2) is 0 Å². The molecule has 2 heterocycles. The molecule has 2 aromatic heterocycles. The smallest absolute Gasteiger partial charge is 0.222 e. The van der Waals surface area contributed by atoms with Crippen LogP contribution in [-0.4, -0.2) is 20.4 Å². The molecule has 0 atom stereocenters. The molecule has 4 aromatic rings. The summed E-state index contributed by atoms with van der Waals surface area (Å²) >= 11 is 0. The fourth-order valence-corrected chi connectivity index (χ4v) is 3.76. The first kappa shape index (κ1) is 19.9. The maximum atomic E-state index is 13.2. The normalized spacial score (nSPS) is 11.2. The molecule has 0 aliphatic heterocycles. The molecule has 0 radical (unpaired) electrons. The van der Waals surface area contributed by atoms with Crippen molar-refractivity contribution in [1.82, 2.24) is 19.9 Å². The second kappa shape index (κ2) is 8.53. The van der Waals surface area contributed by atoms with Crippen LogP contribution in [0.4, 0.5) is 4.39 Å². The van der Waals surface area contributed by atoms with Crippen LogP contribution in [0.5, 0.6) is 0 Å². The van der Waals surface area contributed by atoms with Crippen molar-refractivity contribution in [2.75, 3.05) is 0 Å². The minimum atomic E-state index is -0.246. The van der Waals surface area contributed by atoms with Gasteiger partial charge in [-0.2, -0.15) is 0 Å². The van der Waals surface area contributed by atoms with Crippen molar-refractivity contribution in [2.24, 2.45) is 0 Å². The van der Waals surface area contributed by atoms with E-state index in [0.29, 0.717) is 19.5 Å². The highest BCUT2D eigenvalue weighted by molar-refractivity contribution is 5.91. The van der Waals surface area contributed by atoms with E-state index in [1.54, 1.807) is 18.3 Å². The third-order valence-electron chi connectivity index (χ3n) is 5.44. The molecule has 0 saturated carbocycles. The quantitative estimate of drug-likeness (QED) is 0.467. The van der Waals surface area contributed by atoms with E-state index in [2.05, 4.69) is 35.2 Å². The highest BCUT2D eigenvalue weighted by atomic mass is 19.1. The minimum absolute atomic E-state index is 0.0173. The Hall–Kier alpha value is -3.41. The number of aryl methyl sites for hydroxylation is 3. The fourth-order valence-electron chi connectivity index (χ4n) is 3.76. The van der Waals surface area contributed by atoms with Crippen molar-refractivity contribution in [3.05, 3.63) is 77.6 Å². The average molecular weight is 404 g/mol. The number of H-pyrrole nitrogens is 1. The van der Waals surface area contributed by atoms with E-state index in [9.17, 15) is 9.18 Å². The Morgan fingerprint density at radius 3 is 2.77 bits per heavy atom. The number of hydrogen-bond acceptors (Lipinski definition) is 2. The Bertz CT molecular complexity index is 1170. The van der Waals surface area contributed by atoms with Crippen LogP contribution >= 0.6 is 0 Å². The maximum absolute atomic E-state index is 13.2. The van der Waals surface area contributed by atoms with Crippen molar-refractivity contribution in [2.45, 2.75) is 39.8 Å². The Morgan fingerprint density at radius 2 is 2.00 bits per heavy atom. The summed E-state index contributed by atoms with van der Waals surface area (Å²) in [4.78, 5) is 20.0. The van der Waals surface area contributed by atoms with Crippen LogP contribution < -0.4 is 5.32 Å². The van der Waals surface area contributed by atoms with Gasteiger partial charge in [0, 0.05) is 54.9 Å². The Balaban J connectivity index is 1.43. The topological polar surface area (TPSA) is 62.7 Å². The third kappa shape index (κ3) is 4.13.